The molecule has 0 radical (unpaired) electrons. The summed E-state index contributed by atoms with van der Waals surface area (Å²) in [6, 6.07) is 9.77. The van der Waals surface area contributed by atoms with Crippen molar-refractivity contribution in [3.63, 3.8) is 0 Å². The summed E-state index contributed by atoms with van der Waals surface area (Å²) < 4.78 is 27.1. The Labute approximate surface area is 87.4 Å². The maximum Gasteiger partial charge on any atom is 0.238 e. The molecule has 0 aliphatic carbocycles. The Bertz CT molecular complexity index is 541. The van der Waals surface area contributed by atoms with E-state index in [2.05, 4.69) is 0 Å². The van der Waals surface area contributed by atoms with Crippen LogP contribution in [0.3, 0.4) is 0 Å². The molecular formula is C10H9NO3S. The largest absolute Gasteiger partial charge is 0.464 e. The first-order valence-corrected chi connectivity index (χ1v) is 5.79. The molecule has 0 aliphatic heterocycles. The second kappa shape index (κ2) is 3.52. The van der Waals surface area contributed by atoms with Gasteiger partial charge in [0.05, 0.1) is 11.2 Å². The Kier molecular flexibility index (Phi) is 2.34. The average Bonchev–Trinajstić information content (AvgIpc) is 2.69. The summed E-state index contributed by atoms with van der Waals surface area (Å²) in [5.41, 5.74) is 0.812. The summed E-state index contributed by atoms with van der Waals surface area (Å²) in [7, 11) is -3.62. The van der Waals surface area contributed by atoms with Crippen molar-refractivity contribution in [3.8, 4) is 11.3 Å². The lowest BCUT2D eigenvalue weighted by atomic mass is 10.2. The minimum absolute atomic E-state index is 0.0952. The molecule has 15 heavy (non-hydrogen) atoms. The highest BCUT2D eigenvalue weighted by Gasteiger charge is 2.07. The van der Waals surface area contributed by atoms with Crippen molar-refractivity contribution in [2.45, 2.75) is 4.90 Å². The van der Waals surface area contributed by atoms with E-state index in [-0.39, 0.29) is 4.90 Å². The van der Waals surface area contributed by atoms with Crippen LogP contribution >= 0.6 is 0 Å². The Morgan fingerprint density at radius 3 is 2.20 bits per heavy atom. The van der Waals surface area contributed by atoms with Gasteiger partial charge >= 0.3 is 0 Å². The highest BCUT2D eigenvalue weighted by molar-refractivity contribution is 7.89. The van der Waals surface area contributed by atoms with Crippen LogP contribution in [0.1, 0.15) is 0 Å². The van der Waals surface area contributed by atoms with E-state index in [1.807, 2.05) is 0 Å². The third-order valence-electron chi connectivity index (χ3n) is 1.99. The van der Waals surface area contributed by atoms with Crippen LogP contribution in [0.4, 0.5) is 0 Å². The Balaban J connectivity index is 2.42. The van der Waals surface area contributed by atoms with Gasteiger partial charge in [0.15, 0.2) is 0 Å². The third kappa shape index (κ3) is 2.08. The smallest absolute Gasteiger partial charge is 0.238 e. The fraction of sp³-hybridized carbons (Fsp3) is 0. The molecule has 0 atom stereocenters. The van der Waals surface area contributed by atoms with E-state index in [9.17, 15) is 8.42 Å². The summed E-state index contributed by atoms with van der Waals surface area (Å²) >= 11 is 0. The van der Waals surface area contributed by atoms with E-state index in [1.54, 1.807) is 30.5 Å². The normalized spacial score (nSPS) is 11.5. The maximum absolute atomic E-state index is 11.0. The Morgan fingerprint density at radius 1 is 1.07 bits per heavy atom. The van der Waals surface area contributed by atoms with Gasteiger partial charge in [0.25, 0.3) is 0 Å². The monoisotopic (exact) mass is 223 g/mol. The molecule has 0 unspecified atom stereocenters. The summed E-state index contributed by atoms with van der Waals surface area (Å²) in [5.74, 6) is 0.691. The third-order valence-corrected chi connectivity index (χ3v) is 2.92. The number of hydrogen-bond donors (Lipinski definition) is 1. The van der Waals surface area contributed by atoms with Gasteiger partial charge in [-0.05, 0) is 36.4 Å². The fourth-order valence-corrected chi connectivity index (χ4v) is 1.77. The molecule has 0 amide bonds. The van der Waals surface area contributed by atoms with Crippen molar-refractivity contribution in [2.75, 3.05) is 0 Å². The molecule has 1 aromatic carbocycles. The fourth-order valence-electron chi connectivity index (χ4n) is 1.25. The number of benzene rings is 1. The van der Waals surface area contributed by atoms with Crippen molar-refractivity contribution in [1.82, 2.24) is 0 Å². The lowest BCUT2D eigenvalue weighted by molar-refractivity contribution is 0.582. The Hall–Kier alpha value is -1.59. The molecule has 1 aromatic heterocycles. The SMILES string of the molecule is NS(=O)(=O)c1ccc(-c2ccco2)cc1. The van der Waals surface area contributed by atoms with Crippen LogP contribution in [0, 0.1) is 0 Å². The van der Waals surface area contributed by atoms with Crippen LogP contribution in [0.15, 0.2) is 52.0 Å². The molecule has 0 bridgehead atoms. The zero-order valence-electron chi connectivity index (χ0n) is 7.75. The van der Waals surface area contributed by atoms with Crippen molar-refractivity contribution in [2.24, 2.45) is 5.14 Å². The Morgan fingerprint density at radius 2 is 1.73 bits per heavy atom. The number of primary sulfonamides is 1. The van der Waals surface area contributed by atoms with Crippen LogP contribution in [-0.2, 0) is 10.0 Å². The van der Waals surface area contributed by atoms with Crippen LogP contribution in [0.25, 0.3) is 11.3 Å². The van der Waals surface area contributed by atoms with Crippen LogP contribution in [0.5, 0.6) is 0 Å². The van der Waals surface area contributed by atoms with Crippen molar-refractivity contribution >= 4 is 10.0 Å². The van der Waals surface area contributed by atoms with Crippen molar-refractivity contribution in [3.05, 3.63) is 42.7 Å². The maximum atomic E-state index is 11.0. The number of nitrogens with two attached hydrogens (primary N) is 1. The summed E-state index contributed by atoms with van der Waals surface area (Å²) in [6.45, 7) is 0. The number of furan rings is 1. The van der Waals surface area contributed by atoms with E-state index in [0.29, 0.717) is 5.76 Å². The first-order valence-electron chi connectivity index (χ1n) is 4.24. The standard InChI is InChI=1S/C10H9NO3S/c11-15(12,13)9-5-3-8(4-6-9)10-2-1-7-14-10/h1-7H,(H2,11,12,13). The van der Waals surface area contributed by atoms with Crippen LogP contribution in [0.2, 0.25) is 0 Å². The number of sulfonamides is 1. The highest BCUT2D eigenvalue weighted by Crippen LogP contribution is 2.20. The van der Waals surface area contributed by atoms with Gasteiger partial charge in [-0.1, -0.05) is 0 Å². The van der Waals surface area contributed by atoms with E-state index >= 15 is 0 Å². The highest BCUT2D eigenvalue weighted by atomic mass is 32.2. The van der Waals surface area contributed by atoms with Gasteiger partial charge in [-0.2, -0.15) is 0 Å². The lowest BCUT2D eigenvalue weighted by Crippen LogP contribution is -2.11. The molecule has 0 fully saturated rings. The molecule has 2 rings (SSSR count). The predicted molar refractivity (Wildman–Crippen MR) is 55.5 cm³/mol. The van der Waals surface area contributed by atoms with E-state index in [0.717, 1.165) is 5.56 Å². The topological polar surface area (TPSA) is 73.3 Å². The number of rotatable bonds is 2. The van der Waals surface area contributed by atoms with Gasteiger partial charge in [0.1, 0.15) is 5.76 Å². The summed E-state index contributed by atoms with van der Waals surface area (Å²) in [4.78, 5) is 0.0952. The average molecular weight is 223 g/mol. The van der Waals surface area contributed by atoms with Crippen LogP contribution < -0.4 is 5.14 Å². The minimum Gasteiger partial charge on any atom is -0.464 e. The van der Waals surface area contributed by atoms with Gasteiger partial charge in [-0.25, -0.2) is 13.6 Å². The van der Waals surface area contributed by atoms with Crippen molar-refractivity contribution < 1.29 is 12.8 Å². The zero-order valence-corrected chi connectivity index (χ0v) is 8.57. The molecule has 0 saturated heterocycles. The van der Waals surface area contributed by atoms with Gasteiger partial charge in [-0.15, -0.1) is 0 Å². The van der Waals surface area contributed by atoms with Crippen LogP contribution in [-0.4, -0.2) is 8.42 Å². The molecule has 1 heterocycles. The molecular weight excluding hydrogens is 214 g/mol. The zero-order chi connectivity index (χ0) is 10.9. The first kappa shape index (κ1) is 9.95. The van der Waals surface area contributed by atoms with E-state index in [1.165, 1.54) is 12.1 Å². The molecule has 4 nitrogen and oxygen atoms in total. The second-order valence-electron chi connectivity index (χ2n) is 3.05. The molecule has 5 heteroatoms. The van der Waals surface area contributed by atoms with E-state index < -0.39 is 10.0 Å². The molecule has 0 spiro atoms. The number of hydrogen-bond acceptors (Lipinski definition) is 3. The van der Waals surface area contributed by atoms with Gasteiger partial charge in [0.2, 0.25) is 10.0 Å². The summed E-state index contributed by atoms with van der Waals surface area (Å²) in [5, 5.41) is 4.97. The minimum atomic E-state index is -3.62. The van der Waals surface area contributed by atoms with E-state index in [4.69, 9.17) is 9.56 Å². The lowest BCUT2D eigenvalue weighted by Gasteiger charge is -1.99. The van der Waals surface area contributed by atoms with Gasteiger partial charge in [-0.3, -0.25) is 0 Å². The first-order chi connectivity index (χ1) is 7.07. The summed E-state index contributed by atoms with van der Waals surface area (Å²) in [6.07, 6.45) is 1.56. The van der Waals surface area contributed by atoms with Gasteiger partial charge in [0, 0.05) is 5.56 Å². The van der Waals surface area contributed by atoms with Gasteiger partial charge < -0.3 is 4.42 Å². The molecule has 78 valence electrons. The van der Waals surface area contributed by atoms with Crippen molar-refractivity contribution in [1.29, 1.82) is 0 Å². The molecule has 0 aliphatic rings. The predicted octanol–water partition coefficient (Wildman–Crippen LogP) is 1.59. The quantitative estimate of drug-likeness (QED) is 0.840. The molecule has 2 N–H and O–H groups in total. The molecule has 0 saturated carbocycles. The second-order valence-corrected chi connectivity index (χ2v) is 4.61. The molecule has 2 aromatic rings.